The fraction of sp³-hybridized carbons (Fsp3) is 0.353. The molecule has 0 bridgehead atoms. The highest BCUT2D eigenvalue weighted by Gasteiger charge is 2.14. The SMILES string of the molecule is CCc1cccnc1CNC(CC)c1cc(Br)ccc1O. The number of halogens is 1. The Balaban J connectivity index is 2.14. The van der Waals surface area contributed by atoms with Gasteiger partial charge in [-0.25, -0.2) is 0 Å². The molecule has 0 amide bonds. The van der Waals surface area contributed by atoms with Gasteiger partial charge >= 0.3 is 0 Å². The van der Waals surface area contributed by atoms with Crippen LogP contribution in [-0.4, -0.2) is 10.1 Å². The molecule has 1 aromatic heterocycles. The molecule has 1 heterocycles. The first-order chi connectivity index (χ1) is 10.2. The Bertz CT molecular complexity index is 601. The van der Waals surface area contributed by atoms with Gasteiger partial charge in [0.1, 0.15) is 5.75 Å². The topological polar surface area (TPSA) is 45.2 Å². The number of nitrogens with one attached hydrogen (secondary N) is 1. The van der Waals surface area contributed by atoms with E-state index in [4.69, 9.17) is 0 Å². The van der Waals surface area contributed by atoms with Crippen LogP contribution in [0.2, 0.25) is 0 Å². The number of hydrogen-bond donors (Lipinski definition) is 2. The predicted octanol–water partition coefficient (Wildman–Crippen LogP) is 4.35. The molecule has 2 aromatic rings. The second-order valence-electron chi connectivity index (χ2n) is 5.01. The van der Waals surface area contributed by atoms with E-state index in [9.17, 15) is 5.11 Å². The van der Waals surface area contributed by atoms with Gasteiger partial charge in [-0.05, 0) is 42.7 Å². The van der Waals surface area contributed by atoms with Gasteiger partial charge in [0.25, 0.3) is 0 Å². The van der Waals surface area contributed by atoms with Crippen molar-refractivity contribution in [3.8, 4) is 5.75 Å². The van der Waals surface area contributed by atoms with Gasteiger partial charge in [-0.2, -0.15) is 0 Å². The van der Waals surface area contributed by atoms with E-state index in [0.29, 0.717) is 12.3 Å². The van der Waals surface area contributed by atoms with Crippen molar-refractivity contribution in [1.29, 1.82) is 0 Å². The van der Waals surface area contributed by atoms with E-state index in [1.165, 1.54) is 5.56 Å². The lowest BCUT2D eigenvalue weighted by molar-refractivity contribution is 0.439. The fourth-order valence-electron chi connectivity index (χ4n) is 2.45. The molecule has 1 atom stereocenters. The Labute approximate surface area is 134 Å². The molecule has 0 spiro atoms. The zero-order chi connectivity index (χ0) is 15.2. The van der Waals surface area contributed by atoms with Crippen molar-refractivity contribution in [3.05, 3.63) is 57.8 Å². The number of benzene rings is 1. The maximum absolute atomic E-state index is 10.1. The third-order valence-corrected chi connectivity index (χ3v) is 4.15. The van der Waals surface area contributed by atoms with E-state index < -0.39 is 0 Å². The van der Waals surface area contributed by atoms with Crippen LogP contribution >= 0.6 is 15.9 Å². The number of phenols is 1. The maximum Gasteiger partial charge on any atom is 0.120 e. The number of aryl methyl sites for hydroxylation is 1. The Kier molecular flexibility index (Phi) is 5.76. The summed E-state index contributed by atoms with van der Waals surface area (Å²) in [6.45, 7) is 4.95. The molecule has 4 heteroatoms. The van der Waals surface area contributed by atoms with E-state index in [1.807, 2.05) is 24.4 Å². The van der Waals surface area contributed by atoms with Crippen LogP contribution in [-0.2, 0) is 13.0 Å². The molecule has 0 aliphatic heterocycles. The van der Waals surface area contributed by atoms with Crippen LogP contribution in [0.4, 0.5) is 0 Å². The summed E-state index contributed by atoms with van der Waals surface area (Å²) < 4.78 is 0.975. The third-order valence-electron chi connectivity index (χ3n) is 3.65. The highest BCUT2D eigenvalue weighted by Crippen LogP contribution is 2.29. The summed E-state index contributed by atoms with van der Waals surface area (Å²) in [7, 11) is 0. The summed E-state index contributed by atoms with van der Waals surface area (Å²) in [4.78, 5) is 4.46. The smallest absolute Gasteiger partial charge is 0.120 e. The van der Waals surface area contributed by atoms with Crippen LogP contribution < -0.4 is 5.32 Å². The average molecular weight is 349 g/mol. The summed E-state index contributed by atoms with van der Waals surface area (Å²) in [6.07, 6.45) is 3.70. The number of rotatable bonds is 6. The van der Waals surface area contributed by atoms with E-state index in [1.54, 1.807) is 6.07 Å². The molecule has 0 radical (unpaired) electrons. The predicted molar refractivity (Wildman–Crippen MR) is 89.3 cm³/mol. The quantitative estimate of drug-likeness (QED) is 0.815. The van der Waals surface area contributed by atoms with Gasteiger partial charge in [0.05, 0.1) is 5.69 Å². The molecule has 0 aliphatic rings. The molecule has 0 fully saturated rings. The highest BCUT2D eigenvalue weighted by molar-refractivity contribution is 9.10. The minimum Gasteiger partial charge on any atom is -0.508 e. The molecule has 0 saturated carbocycles. The monoisotopic (exact) mass is 348 g/mol. The van der Waals surface area contributed by atoms with E-state index in [-0.39, 0.29) is 6.04 Å². The Hall–Kier alpha value is -1.39. The Morgan fingerprint density at radius 2 is 2.10 bits per heavy atom. The van der Waals surface area contributed by atoms with Crippen LogP contribution in [0, 0.1) is 0 Å². The number of pyridine rings is 1. The van der Waals surface area contributed by atoms with Gasteiger partial charge in [-0.3, -0.25) is 4.98 Å². The number of phenolic OH excluding ortho intramolecular Hbond substituents is 1. The van der Waals surface area contributed by atoms with Gasteiger partial charge in [0, 0.05) is 28.8 Å². The second kappa shape index (κ2) is 7.57. The van der Waals surface area contributed by atoms with Crippen molar-refractivity contribution in [1.82, 2.24) is 10.3 Å². The van der Waals surface area contributed by atoms with E-state index >= 15 is 0 Å². The van der Waals surface area contributed by atoms with Crippen molar-refractivity contribution in [2.45, 2.75) is 39.3 Å². The molecule has 0 aliphatic carbocycles. The first-order valence-corrected chi connectivity index (χ1v) is 8.09. The summed E-state index contributed by atoms with van der Waals surface area (Å²) in [6, 6.07) is 9.73. The number of nitrogens with zero attached hydrogens (tertiary/aromatic N) is 1. The lowest BCUT2D eigenvalue weighted by atomic mass is 10.0. The highest BCUT2D eigenvalue weighted by atomic mass is 79.9. The molecule has 3 nitrogen and oxygen atoms in total. The lowest BCUT2D eigenvalue weighted by Crippen LogP contribution is -2.21. The molecule has 1 aromatic carbocycles. The molecular weight excluding hydrogens is 328 g/mol. The molecular formula is C17H21BrN2O. The lowest BCUT2D eigenvalue weighted by Gasteiger charge is -2.19. The average Bonchev–Trinajstić information content (AvgIpc) is 2.51. The summed E-state index contributed by atoms with van der Waals surface area (Å²) in [5.41, 5.74) is 3.26. The maximum atomic E-state index is 10.1. The van der Waals surface area contributed by atoms with Gasteiger partial charge in [0.2, 0.25) is 0 Å². The molecule has 1 unspecified atom stereocenters. The van der Waals surface area contributed by atoms with Gasteiger partial charge in [0.15, 0.2) is 0 Å². The first kappa shape index (κ1) is 16.0. The fourth-order valence-corrected chi connectivity index (χ4v) is 2.83. The number of hydrogen-bond acceptors (Lipinski definition) is 3. The largest absolute Gasteiger partial charge is 0.508 e. The van der Waals surface area contributed by atoms with Crippen molar-refractivity contribution < 1.29 is 5.11 Å². The van der Waals surface area contributed by atoms with Crippen LogP contribution in [0.25, 0.3) is 0 Å². The zero-order valence-corrected chi connectivity index (χ0v) is 14.0. The van der Waals surface area contributed by atoms with E-state index in [2.05, 4.69) is 46.1 Å². The molecule has 21 heavy (non-hydrogen) atoms. The van der Waals surface area contributed by atoms with Crippen molar-refractivity contribution in [2.75, 3.05) is 0 Å². The van der Waals surface area contributed by atoms with E-state index in [0.717, 1.165) is 28.6 Å². The molecule has 2 rings (SSSR count). The Morgan fingerprint density at radius 3 is 2.81 bits per heavy atom. The normalized spacial score (nSPS) is 12.3. The molecule has 2 N–H and O–H groups in total. The number of aromatic nitrogens is 1. The van der Waals surface area contributed by atoms with Crippen molar-refractivity contribution in [3.63, 3.8) is 0 Å². The second-order valence-corrected chi connectivity index (χ2v) is 5.92. The number of aromatic hydroxyl groups is 1. The zero-order valence-electron chi connectivity index (χ0n) is 12.4. The molecule has 112 valence electrons. The van der Waals surface area contributed by atoms with Crippen molar-refractivity contribution >= 4 is 15.9 Å². The summed E-state index contributed by atoms with van der Waals surface area (Å²) in [5.74, 6) is 0.328. The van der Waals surface area contributed by atoms with Gasteiger partial charge in [-0.1, -0.05) is 35.8 Å². The summed E-state index contributed by atoms with van der Waals surface area (Å²) in [5, 5.41) is 13.6. The van der Waals surface area contributed by atoms with Crippen molar-refractivity contribution in [2.24, 2.45) is 0 Å². The first-order valence-electron chi connectivity index (χ1n) is 7.30. The minimum atomic E-state index is 0.106. The summed E-state index contributed by atoms with van der Waals surface area (Å²) >= 11 is 3.46. The minimum absolute atomic E-state index is 0.106. The van der Waals surface area contributed by atoms with Crippen LogP contribution in [0.5, 0.6) is 5.75 Å². The van der Waals surface area contributed by atoms with Crippen LogP contribution in [0.3, 0.4) is 0 Å². The third kappa shape index (κ3) is 4.05. The standard InChI is InChI=1S/C17H21BrN2O/c1-3-12-6-5-9-19-16(12)11-20-15(4-2)14-10-13(18)7-8-17(14)21/h5-10,15,20-21H,3-4,11H2,1-2H3. The van der Waals surface area contributed by atoms with Gasteiger partial charge < -0.3 is 10.4 Å². The Morgan fingerprint density at radius 1 is 1.29 bits per heavy atom. The van der Waals surface area contributed by atoms with Crippen LogP contribution in [0.1, 0.15) is 43.1 Å². The van der Waals surface area contributed by atoms with Crippen LogP contribution in [0.15, 0.2) is 41.0 Å². The molecule has 0 saturated heterocycles. The van der Waals surface area contributed by atoms with Gasteiger partial charge in [-0.15, -0.1) is 0 Å².